The maximum absolute atomic E-state index is 12.1. The molecule has 0 spiro atoms. The minimum atomic E-state index is -3.87. The molecule has 0 aliphatic heterocycles. The Morgan fingerprint density at radius 3 is 2.78 bits per heavy atom. The average molecular weight is 359 g/mol. The number of rotatable bonds is 6. The SMILES string of the molecule is COCc1cc(C(=O)NS(=O)(=O)Cc2ccc(Cl)nc2)c(C)o1. The summed E-state index contributed by atoms with van der Waals surface area (Å²) in [5, 5.41) is 0.259. The van der Waals surface area contributed by atoms with E-state index in [0.29, 0.717) is 17.1 Å². The zero-order chi connectivity index (χ0) is 17.0. The second-order valence-electron chi connectivity index (χ2n) is 4.80. The molecule has 0 saturated heterocycles. The summed E-state index contributed by atoms with van der Waals surface area (Å²) < 4.78 is 36.4. The van der Waals surface area contributed by atoms with Gasteiger partial charge in [0.2, 0.25) is 10.0 Å². The van der Waals surface area contributed by atoms with Crippen molar-refractivity contribution >= 4 is 27.5 Å². The lowest BCUT2D eigenvalue weighted by atomic mass is 10.2. The van der Waals surface area contributed by atoms with Gasteiger partial charge in [-0.15, -0.1) is 0 Å². The Hall–Kier alpha value is -1.90. The molecule has 0 fully saturated rings. The number of nitrogens with one attached hydrogen (secondary N) is 1. The summed E-state index contributed by atoms with van der Waals surface area (Å²) in [5.41, 5.74) is 0.563. The molecule has 7 nitrogen and oxygen atoms in total. The van der Waals surface area contributed by atoms with Crippen LogP contribution in [0.2, 0.25) is 5.15 Å². The van der Waals surface area contributed by atoms with E-state index in [4.69, 9.17) is 20.8 Å². The number of carbonyl (C=O) groups is 1. The van der Waals surface area contributed by atoms with Crippen LogP contribution < -0.4 is 4.72 Å². The number of ether oxygens (including phenoxy) is 1. The van der Waals surface area contributed by atoms with Crippen molar-refractivity contribution in [3.05, 3.63) is 52.2 Å². The molecule has 0 aliphatic rings. The summed E-state index contributed by atoms with van der Waals surface area (Å²) in [4.78, 5) is 15.9. The molecule has 0 aliphatic carbocycles. The standard InChI is InChI=1S/C14H15ClN2O5S/c1-9-12(5-11(22-9)7-21-2)14(18)17-23(19,20)8-10-3-4-13(15)16-6-10/h3-6H,7-8H2,1-2H3,(H,17,18). The van der Waals surface area contributed by atoms with Gasteiger partial charge < -0.3 is 9.15 Å². The number of sulfonamides is 1. The Labute approximate surface area is 138 Å². The lowest BCUT2D eigenvalue weighted by Crippen LogP contribution is -2.31. The fourth-order valence-electron chi connectivity index (χ4n) is 1.93. The number of hydrogen-bond donors (Lipinski definition) is 1. The van der Waals surface area contributed by atoms with Crippen LogP contribution in [0.4, 0.5) is 0 Å². The summed E-state index contributed by atoms with van der Waals surface area (Å²) in [6.45, 7) is 1.77. The highest BCUT2D eigenvalue weighted by Crippen LogP contribution is 2.16. The lowest BCUT2D eigenvalue weighted by molar-refractivity contribution is 0.0980. The number of hydrogen-bond acceptors (Lipinski definition) is 6. The molecule has 0 radical (unpaired) electrons. The summed E-state index contributed by atoms with van der Waals surface area (Å²) in [7, 11) is -2.38. The number of aryl methyl sites for hydroxylation is 1. The third-order valence-corrected chi connectivity index (χ3v) is 4.33. The molecule has 0 atom stereocenters. The van der Waals surface area contributed by atoms with Crippen molar-refractivity contribution in [1.29, 1.82) is 0 Å². The third-order valence-electron chi connectivity index (χ3n) is 2.89. The average Bonchev–Trinajstić information content (AvgIpc) is 2.82. The minimum absolute atomic E-state index is 0.148. The van der Waals surface area contributed by atoms with Gasteiger partial charge in [-0.3, -0.25) is 4.79 Å². The second-order valence-corrected chi connectivity index (χ2v) is 6.90. The van der Waals surface area contributed by atoms with Crippen molar-refractivity contribution in [2.75, 3.05) is 7.11 Å². The van der Waals surface area contributed by atoms with Crippen molar-refractivity contribution in [3.63, 3.8) is 0 Å². The van der Waals surface area contributed by atoms with Crippen LogP contribution in [0, 0.1) is 6.92 Å². The summed E-state index contributed by atoms with van der Waals surface area (Å²) in [5.74, 6) is -0.382. The van der Waals surface area contributed by atoms with Gasteiger partial charge in [-0.2, -0.15) is 0 Å². The maximum Gasteiger partial charge on any atom is 0.268 e. The second kappa shape index (κ2) is 7.12. The van der Waals surface area contributed by atoms with E-state index in [1.54, 1.807) is 6.92 Å². The highest BCUT2D eigenvalue weighted by Gasteiger charge is 2.21. The van der Waals surface area contributed by atoms with E-state index in [0.717, 1.165) is 0 Å². The Morgan fingerprint density at radius 2 is 2.17 bits per heavy atom. The molecule has 2 rings (SSSR count). The van der Waals surface area contributed by atoms with Gasteiger partial charge in [-0.1, -0.05) is 17.7 Å². The molecule has 23 heavy (non-hydrogen) atoms. The first kappa shape index (κ1) is 17.5. The predicted molar refractivity (Wildman–Crippen MR) is 83.5 cm³/mol. The topological polar surface area (TPSA) is 98.5 Å². The molecular weight excluding hydrogens is 344 g/mol. The predicted octanol–water partition coefficient (Wildman–Crippen LogP) is 2.04. The van der Waals surface area contributed by atoms with E-state index in [9.17, 15) is 13.2 Å². The normalized spacial score (nSPS) is 11.4. The van der Waals surface area contributed by atoms with Gasteiger partial charge in [0.15, 0.2) is 0 Å². The van der Waals surface area contributed by atoms with Gasteiger partial charge in [0.05, 0.1) is 11.3 Å². The maximum atomic E-state index is 12.1. The Bertz CT molecular complexity index is 799. The number of halogens is 1. The van der Waals surface area contributed by atoms with E-state index in [1.165, 1.54) is 31.5 Å². The molecule has 124 valence electrons. The summed E-state index contributed by atoms with van der Waals surface area (Å²) in [6.07, 6.45) is 1.34. The molecule has 9 heteroatoms. The molecule has 1 amide bonds. The minimum Gasteiger partial charge on any atom is -0.463 e. The van der Waals surface area contributed by atoms with Crippen molar-refractivity contribution in [3.8, 4) is 0 Å². The van der Waals surface area contributed by atoms with Crippen LogP contribution in [0.5, 0.6) is 0 Å². The molecule has 0 saturated carbocycles. The van der Waals surface area contributed by atoms with E-state index in [1.807, 2.05) is 4.72 Å². The van der Waals surface area contributed by atoms with Crippen molar-refractivity contribution < 1.29 is 22.4 Å². The Morgan fingerprint density at radius 1 is 1.43 bits per heavy atom. The number of methoxy groups -OCH3 is 1. The fourth-order valence-corrected chi connectivity index (χ4v) is 3.11. The quantitative estimate of drug-likeness (QED) is 0.793. The van der Waals surface area contributed by atoms with E-state index in [2.05, 4.69) is 4.98 Å². The number of carbonyl (C=O) groups excluding carboxylic acids is 1. The molecular formula is C14H15ClN2O5S. The van der Waals surface area contributed by atoms with Crippen LogP contribution in [0.15, 0.2) is 28.8 Å². The van der Waals surface area contributed by atoms with E-state index < -0.39 is 15.9 Å². The van der Waals surface area contributed by atoms with Crippen molar-refractivity contribution in [1.82, 2.24) is 9.71 Å². The number of nitrogens with zero attached hydrogens (tertiary/aromatic N) is 1. The molecule has 2 aromatic heterocycles. The zero-order valence-corrected chi connectivity index (χ0v) is 14.1. The molecule has 1 N–H and O–H groups in total. The largest absolute Gasteiger partial charge is 0.463 e. The number of pyridine rings is 1. The highest BCUT2D eigenvalue weighted by molar-refractivity contribution is 7.89. The van der Waals surface area contributed by atoms with Gasteiger partial charge in [0, 0.05) is 13.3 Å². The molecule has 0 bridgehead atoms. The number of aromatic nitrogens is 1. The monoisotopic (exact) mass is 358 g/mol. The highest BCUT2D eigenvalue weighted by atomic mass is 35.5. The number of amides is 1. The van der Waals surface area contributed by atoms with Gasteiger partial charge >= 0.3 is 0 Å². The van der Waals surface area contributed by atoms with Crippen LogP contribution in [-0.4, -0.2) is 26.4 Å². The third kappa shape index (κ3) is 4.78. The van der Waals surface area contributed by atoms with Crippen LogP contribution in [-0.2, 0) is 27.1 Å². The van der Waals surface area contributed by atoms with Crippen LogP contribution in [0.1, 0.15) is 27.4 Å². The first-order valence-electron chi connectivity index (χ1n) is 6.54. The first-order chi connectivity index (χ1) is 10.8. The van der Waals surface area contributed by atoms with Crippen LogP contribution in [0.3, 0.4) is 0 Å². The van der Waals surface area contributed by atoms with Gasteiger partial charge in [-0.05, 0) is 24.6 Å². The Kier molecular flexibility index (Phi) is 5.40. The molecule has 2 aromatic rings. The van der Waals surface area contributed by atoms with E-state index >= 15 is 0 Å². The van der Waals surface area contributed by atoms with Gasteiger partial charge in [0.25, 0.3) is 5.91 Å². The Balaban J connectivity index is 2.10. The number of furan rings is 1. The molecule has 0 aromatic carbocycles. The van der Waals surface area contributed by atoms with Crippen molar-refractivity contribution in [2.45, 2.75) is 19.3 Å². The fraction of sp³-hybridized carbons (Fsp3) is 0.286. The van der Waals surface area contributed by atoms with E-state index in [-0.39, 0.29) is 23.1 Å². The smallest absolute Gasteiger partial charge is 0.268 e. The van der Waals surface area contributed by atoms with Crippen molar-refractivity contribution in [2.24, 2.45) is 0 Å². The summed E-state index contributed by atoms with van der Waals surface area (Å²) >= 11 is 5.64. The van der Waals surface area contributed by atoms with Gasteiger partial charge in [0.1, 0.15) is 23.3 Å². The van der Waals surface area contributed by atoms with Gasteiger partial charge in [-0.25, -0.2) is 18.1 Å². The molecule has 0 unspecified atom stereocenters. The van der Waals surface area contributed by atoms with Crippen LogP contribution in [0.25, 0.3) is 0 Å². The zero-order valence-electron chi connectivity index (χ0n) is 12.5. The first-order valence-corrected chi connectivity index (χ1v) is 8.57. The molecule has 2 heterocycles. The van der Waals surface area contributed by atoms with Crippen LogP contribution >= 0.6 is 11.6 Å². The lowest BCUT2D eigenvalue weighted by Gasteiger charge is -2.06. The summed E-state index contributed by atoms with van der Waals surface area (Å²) in [6, 6.07) is 4.46.